The van der Waals surface area contributed by atoms with Gasteiger partial charge in [-0.1, -0.05) is 36.4 Å². The molecule has 0 heterocycles. The van der Waals surface area contributed by atoms with E-state index in [2.05, 4.69) is 41.7 Å². The summed E-state index contributed by atoms with van der Waals surface area (Å²) < 4.78 is 0. The fourth-order valence-corrected chi connectivity index (χ4v) is 3.62. The van der Waals surface area contributed by atoms with E-state index < -0.39 is 0 Å². The Balaban J connectivity index is 1.49. The quantitative estimate of drug-likeness (QED) is 0.543. The predicted molar refractivity (Wildman–Crippen MR) is 96.6 cm³/mol. The lowest BCUT2D eigenvalue weighted by Crippen LogP contribution is -2.24. The Morgan fingerprint density at radius 3 is 1.95 bits per heavy atom. The van der Waals surface area contributed by atoms with Crippen molar-refractivity contribution in [3.05, 3.63) is 60.7 Å². The highest BCUT2D eigenvalue weighted by atomic mass is 32.2. The molecule has 2 rings (SSSR count). The molecule has 1 amide bonds. The first-order valence-corrected chi connectivity index (χ1v) is 9.44. The van der Waals surface area contributed by atoms with Gasteiger partial charge in [-0.15, -0.1) is 23.5 Å². The molecule has 0 aromatic heterocycles. The standard InChI is InChI=1S/C18H21NOS2/c20-18(12-15-22-17-10-5-2-6-11-17)19-13-7-14-21-16-8-3-1-4-9-16/h1-6,8-11H,7,12-15H2,(H,19,20). The normalized spacial score (nSPS) is 10.4. The molecule has 22 heavy (non-hydrogen) atoms. The van der Waals surface area contributed by atoms with Gasteiger partial charge in [0, 0.05) is 28.5 Å². The molecule has 0 fully saturated rings. The van der Waals surface area contributed by atoms with E-state index in [1.807, 2.05) is 36.0 Å². The first-order chi connectivity index (χ1) is 10.8. The van der Waals surface area contributed by atoms with Crippen molar-refractivity contribution in [1.82, 2.24) is 5.32 Å². The first-order valence-electron chi connectivity index (χ1n) is 7.47. The molecule has 0 bridgehead atoms. The Bertz CT molecular complexity index is 546. The molecule has 2 aromatic carbocycles. The van der Waals surface area contributed by atoms with Gasteiger partial charge in [0.25, 0.3) is 0 Å². The number of hydrogen-bond acceptors (Lipinski definition) is 3. The van der Waals surface area contributed by atoms with Crippen LogP contribution in [0, 0.1) is 0 Å². The molecule has 0 aliphatic heterocycles. The van der Waals surface area contributed by atoms with E-state index in [0.29, 0.717) is 6.42 Å². The molecule has 0 spiro atoms. The number of hydrogen-bond donors (Lipinski definition) is 1. The molecular weight excluding hydrogens is 310 g/mol. The van der Waals surface area contributed by atoms with Crippen LogP contribution in [0.5, 0.6) is 0 Å². The summed E-state index contributed by atoms with van der Waals surface area (Å²) in [6, 6.07) is 20.5. The van der Waals surface area contributed by atoms with Crippen molar-refractivity contribution in [1.29, 1.82) is 0 Å². The summed E-state index contributed by atoms with van der Waals surface area (Å²) in [7, 11) is 0. The predicted octanol–water partition coefficient (Wildman–Crippen LogP) is 4.47. The largest absolute Gasteiger partial charge is 0.356 e. The molecule has 0 atom stereocenters. The third-order valence-electron chi connectivity index (χ3n) is 3.00. The number of carbonyl (C=O) groups is 1. The second-order valence-electron chi connectivity index (χ2n) is 4.78. The summed E-state index contributed by atoms with van der Waals surface area (Å²) in [4.78, 5) is 14.2. The van der Waals surface area contributed by atoms with E-state index in [1.165, 1.54) is 9.79 Å². The zero-order valence-corrected chi connectivity index (χ0v) is 14.2. The van der Waals surface area contributed by atoms with Gasteiger partial charge in [-0.05, 0) is 36.4 Å². The zero-order chi connectivity index (χ0) is 15.5. The summed E-state index contributed by atoms with van der Waals surface area (Å²) in [5.74, 6) is 2.01. The van der Waals surface area contributed by atoms with Crippen LogP contribution >= 0.6 is 23.5 Å². The van der Waals surface area contributed by atoms with Crippen molar-refractivity contribution in [3.8, 4) is 0 Å². The topological polar surface area (TPSA) is 29.1 Å². The van der Waals surface area contributed by atoms with Crippen molar-refractivity contribution in [3.63, 3.8) is 0 Å². The summed E-state index contributed by atoms with van der Waals surface area (Å²) in [5.41, 5.74) is 0. The number of carbonyl (C=O) groups excluding carboxylic acids is 1. The molecule has 0 saturated heterocycles. The van der Waals surface area contributed by atoms with Crippen LogP contribution < -0.4 is 5.32 Å². The summed E-state index contributed by atoms with van der Waals surface area (Å²) in [5, 5.41) is 2.99. The molecule has 2 nitrogen and oxygen atoms in total. The molecule has 116 valence electrons. The number of amides is 1. The van der Waals surface area contributed by atoms with Crippen LogP contribution in [-0.4, -0.2) is 24.0 Å². The highest BCUT2D eigenvalue weighted by Crippen LogP contribution is 2.18. The number of thioether (sulfide) groups is 2. The maximum absolute atomic E-state index is 11.7. The van der Waals surface area contributed by atoms with Gasteiger partial charge < -0.3 is 5.32 Å². The fourth-order valence-electron chi connectivity index (χ4n) is 1.87. The van der Waals surface area contributed by atoms with E-state index in [0.717, 1.165) is 24.5 Å². The Hall–Kier alpha value is -1.39. The van der Waals surface area contributed by atoms with E-state index in [4.69, 9.17) is 0 Å². The molecule has 0 aliphatic carbocycles. The molecule has 0 radical (unpaired) electrons. The van der Waals surface area contributed by atoms with Crippen LogP contribution in [0.2, 0.25) is 0 Å². The van der Waals surface area contributed by atoms with Crippen LogP contribution in [0.25, 0.3) is 0 Å². The van der Waals surface area contributed by atoms with Crippen molar-refractivity contribution >= 4 is 29.4 Å². The van der Waals surface area contributed by atoms with Gasteiger partial charge in [0.2, 0.25) is 5.91 Å². The Kier molecular flexibility index (Phi) is 7.99. The number of rotatable bonds is 9. The summed E-state index contributed by atoms with van der Waals surface area (Å²) >= 11 is 3.56. The Labute approximate surface area is 141 Å². The Morgan fingerprint density at radius 1 is 0.818 bits per heavy atom. The average molecular weight is 332 g/mol. The van der Waals surface area contributed by atoms with Crippen molar-refractivity contribution in [2.24, 2.45) is 0 Å². The molecule has 0 aliphatic rings. The lowest BCUT2D eigenvalue weighted by molar-refractivity contribution is -0.120. The van der Waals surface area contributed by atoms with E-state index in [-0.39, 0.29) is 5.91 Å². The van der Waals surface area contributed by atoms with Gasteiger partial charge in [-0.2, -0.15) is 0 Å². The summed E-state index contributed by atoms with van der Waals surface area (Å²) in [6.07, 6.45) is 1.57. The molecule has 4 heteroatoms. The number of nitrogens with one attached hydrogen (secondary N) is 1. The van der Waals surface area contributed by atoms with E-state index in [9.17, 15) is 4.79 Å². The van der Waals surface area contributed by atoms with Crippen LogP contribution in [0.3, 0.4) is 0 Å². The van der Waals surface area contributed by atoms with Crippen LogP contribution in [0.1, 0.15) is 12.8 Å². The van der Waals surface area contributed by atoms with Gasteiger partial charge in [0.15, 0.2) is 0 Å². The monoisotopic (exact) mass is 331 g/mol. The molecule has 0 unspecified atom stereocenters. The highest BCUT2D eigenvalue weighted by molar-refractivity contribution is 7.99. The van der Waals surface area contributed by atoms with Crippen LogP contribution in [0.4, 0.5) is 0 Å². The van der Waals surface area contributed by atoms with Crippen molar-refractivity contribution in [2.45, 2.75) is 22.6 Å². The summed E-state index contributed by atoms with van der Waals surface area (Å²) in [6.45, 7) is 0.759. The zero-order valence-electron chi connectivity index (χ0n) is 12.5. The average Bonchev–Trinajstić information content (AvgIpc) is 2.56. The van der Waals surface area contributed by atoms with Crippen molar-refractivity contribution in [2.75, 3.05) is 18.1 Å². The Morgan fingerprint density at radius 2 is 1.36 bits per heavy atom. The van der Waals surface area contributed by atoms with Gasteiger partial charge in [-0.25, -0.2) is 0 Å². The van der Waals surface area contributed by atoms with E-state index in [1.54, 1.807) is 11.8 Å². The fraction of sp³-hybridized carbons (Fsp3) is 0.278. The molecule has 2 aromatic rings. The molecule has 0 saturated carbocycles. The first kappa shape index (κ1) is 17.0. The minimum atomic E-state index is 0.146. The minimum absolute atomic E-state index is 0.146. The van der Waals surface area contributed by atoms with Gasteiger partial charge in [-0.3, -0.25) is 4.79 Å². The SMILES string of the molecule is O=C(CCSc1ccccc1)NCCCSc1ccccc1. The van der Waals surface area contributed by atoms with Gasteiger partial charge >= 0.3 is 0 Å². The lowest BCUT2D eigenvalue weighted by Gasteiger charge is -2.05. The van der Waals surface area contributed by atoms with Crippen LogP contribution in [0.15, 0.2) is 70.5 Å². The number of benzene rings is 2. The second kappa shape index (κ2) is 10.4. The third-order valence-corrected chi connectivity index (χ3v) is 5.11. The van der Waals surface area contributed by atoms with Gasteiger partial charge in [0.1, 0.15) is 0 Å². The smallest absolute Gasteiger partial charge is 0.220 e. The highest BCUT2D eigenvalue weighted by Gasteiger charge is 2.01. The van der Waals surface area contributed by atoms with Crippen LogP contribution in [-0.2, 0) is 4.79 Å². The van der Waals surface area contributed by atoms with Gasteiger partial charge in [0.05, 0.1) is 0 Å². The maximum Gasteiger partial charge on any atom is 0.220 e. The minimum Gasteiger partial charge on any atom is -0.356 e. The van der Waals surface area contributed by atoms with E-state index >= 15 is 0 Å². The molecular formula is C18H21NOS2. The second-order valence-corrected chi connectivity index (χ2v) is 7.11. The molecule has 1 N–H and O–H groups in total. The lowest BCUT2D eigenvalue weighted by atomic mass is 10.4. The third kappa shape index (κ3) is 7.05. The van der Waals surface area contributed by atoms with Crippen molar-refractivity contribution < 1.29 is 4.79 Å². The maximum atomic E-state index is 11.7.